The maximum absolute atomic E-state index is 13.6. The first kappa shape index (κ1) is 24.5. The van der Waals surface area contributed by atoms with Crippen LogP contribution in [0.2, 0.25) is 0 Å². The van der Waals surface area contributed by atoms with Crippen LogP contribution >= 0.6 is 11.3 Å². The molecule has 1 amide bonds. The van der Waals surface area contributed by atoms with Gasteiger partial charge in [-0.05, 0) is 61.7 Å². The molecule has 1 atom stereocenters. The number of hydrogen-bond acceptors (Lipinski definition) is 7. The van der Waals surface area contributed by atoms with Crippen molar-refractivity contribution in [2.75, 3.05) is 19.1 Å². The Morgan fingerprint density at radius 2 is 1.76 bits per heavy atom. The number of carbonyl (C=O) groups excluding carboxylic acids is 2. The van der Waals surface area contributed by atoms with Gasteiger partial charge in [0.25, 0.3) is 5.78 Å². The molecule has 1 aliphatic heterocycles. The lowest BCUT2D eigenvalue weighted by Crippen LogP contribution is -2.29. The lowest BCUT2D eigenvalue weighted by atomic mass is 9.93. The van der Waals surface area contributed by atoms with Crippen molar-refractivity contribution < 1.29 is 24.2 Å². The number of ketones is 1. The van der Waals surface area contributed by atoms with Crippen molar-refractivity contribution in [2.45, 2.75) is 26.8 Å². The minimum absolute atomic E-state index is 0.00395. The molecule has 1 unspecified atom stereocenters. The average Bonchev–Trinajstić information content (AvgIpc) is 3.40. The Morgan fingerprint density at radius 1 is 0.973 bits per heavy atom. The molecular formula is C29H26N2O5S. The molecule has 0 bridgehead atoms. The molecule has 0 radical (unpaired) electrons. The zero-order chi connectivity index (χ0) is 26.4. The monoisotopic (exact) mass is 514 g/mol. The second kappa shape index (κ2) is 9.37. The molecule has 188 valence electrons. The van der Waals surface area contributed by atoms with E-state index in [2.05, 4.69) is 4.98 Å². The minimum atomic E-state index is -0.868. The number of benzene rings is 3. The highest BCUT2D eigenvalue weighted by atomic mass is 32.1. The molecule has 1 saturated heterocycles. The van der Waals surface area contributed by atoms with Gasteiger partial charge in [0.1, 0.15) is 17.3 Å². The van der Waals surface area contributed by atoms with Crippen molar-refractivity contribution in [3.05, 3.63) is 88.0 Å². The number of aliphatic hydroxyl groups excluding tert-OH is 1. The second-order valence-electron chi connectivity index (χ2n) is 9.08. The zero-order valence-corrected chi connectivity index (χ0v) is 22.0. The topological polar surface area (TPSA) is 89.0 Å². The number of carbonyl (C=O) groups is 2. The summed E-state index contributed by atoms with van der Waals surface area (Å²) < 4.78 is 11.7. The Labute approximate surface area is 218 Å². The first-order valence-electron chi connectivity index (χ1n) is 11.7. The number of aliphatic hydroxyl groups is 1. The van der Waals surface area contributed by atoms with Gasteiger partial charge in [0.2, 0.25) is 0 Å². The van der Waals surface area contributed by atoms with Gasteiger partial charge in [-0.2, -0.15) is 0 Å². The highest BCUT2D eigenvalue weighted by molar-refractivity contribution is 7.22. The van der Waals surface area contributed by atoms with Crippen molar-refractivity contribution in [1.82, 2.24) is 4.98 Å². The van der Waals surface area contributed by atoms with Crippen LogP contribution in [0.3, 0.4) is 0 Å². The molecular weight excluding hydrogens is 488 g/mol. The van der Waals surface area contributed by atoms with Crippen LogP contribution in [0.15, 0.2) is 60.2 Å². The van der Waals surface area contributed by atoms with Gasteiger partial charge in [0.15, 0.2) is 5.13 Å². The summed E-state index contributed by atoms with van der Waals surface area (Å²) in [4.78, 5) is 33.2. The van der Waals surface area contributed by atoms with Crippen LogP contribution in [0.5, 0.6) is 11.5 Å². The molecule has 0 aliphatic carbocycles. The van der Waals surface area contributed by atoms with Crippen molar-refractivity contribution in [2.24, 2.45) is 0 Å². The molecule has 3 aromatic carbocycles. The van der Waals surface area contributed by atoms with Gasteiger partial charge in [-0.3, -0.25) is 14.5 Å². The molecule has 1 fully saturated rings. The van der Waals surface area contributed by atoms with Crippen LogP contribution < -0.4 is 14.4 Å². The van der Waals surface area contributed by atoms with E-state index in [0.29, 0.717) is 33.3 Å². The van der Waals surface area contributed by atoms with E-state index in [1.807, 2.05) is 63.2 Å². The van der Waals surface area contributed by atoms with Gasteiger partial charge in [0, 0.05) is 0 Å². The third-order valence-electron chi connectivity index (χ3n) is 6.47. The van der Waals surface area contributed by atoms with E-state index < -0.39 is 17.7 Å². The summed E-state index contributed by atoms with van der Waals surface area (Å²) in [6.07, 6.45) is 0. The fourth-order valence-electron chi connectivity index (χ4n) is 4.85. The van der Waals surface area contributed by atoms with E-state index >= 15 is 0 Å². The maximum atomic E-state index is 13.6. The predicted molar refractivity (Wildman–Crippen MR) is 145 cm³/mol. The largest absolute Gasteiger partial charge is 0.507 e. The van der Waals surface area contributed by atoms with E-state index in [9.17, 15) is 14.7 Å². The number of Topliss-reactive ketones (excluding diaryl/α,β-unsaturated/α-hetero) is 1. The van der Waals surface area contributed by atoms with Gasteiger partial charge in [0.05, 0.1) is 41.6 Å². The molecule has 0 saturated carbocycles. The van der Waals surface area contributed by atoms with Crippen LogP contribution in [0, 0.1) is 20.8 Å². The van der Waals surface area contributed by atoms with Crippen molar-refractivity contribution in [3.8, 4) is 11.5 Å². The van der Waals surface area contributed by atoms with Gasteiger partial charge >= 0.3 is 5.91 Å². The summed E-state index contributed by atoms with van der Waals surface area (Å²) in [5.41, 5.74) is 4.40. The number of amides is 1. The van der Waals surface area contributed by atoms with E-state index in [4.69, 9.17) is 9.47 Å². The molecule has 37 heavy (non-hydrogen) atoms. The number of aromatic nitrogens is 1. The molecule has 1 aromatic heterocycles. The summed E-state index contributed by atoms with van der Waals surface area (Å²) in [6.45, 7) is 5.70. The normalized spacial score (nSPS) is 17.0. The molecule has 8 heteroatoms. The number of thiazole rings is 1. The van der Waals surface area contributed by atoms with E-state index in [1.165, 1.54) is 23.3 Å². The molecule has 4 aromatic rings. The van der Waals surface area contributed by atoms with Gasteiger partial charge < -0.3 is 14.6 Å². The lowest BCUT2D eigenvalue weighted by Gasteiger charge is -2.23. The van der Waals surface area contributed by atoms with Crippen LogP contribution in [0.4, 0.5) is 5.13 Å². The summed E-state index contributed by atoms with van der Waals surface area (Å²) in [7, 11) is 3.10. The van der Waals surface area contributed by atoms with Gasteiger partial charge in [-0.25, -0.2) is 4.98 Å². The molecule has 7 nitrogen and oxygen atoms in total. The minimum Gasteiger partial charge on any atom is -0.507 e. The first-order valence-corrected chi connectivity index (χ1v) is 12.5. The van der Waals surface area contributed by atoms with Crippen molar-refractivity contribution in [1.29, 1.82) is 0 Å². The van der Waals surface area contributed by atoms with Crippen LogP contribution in [0.25, 0.3) is 16.0 Å². The van der Waals surface area contributed by atoms with Crippen molar-refractivity contribution >= 4 is 44.1 Å². The SMILES string of the molecule is COc1ccc2nc(N3C(=O)C(=O)/C(=C(/O)c4cc(C)cc(C)c4OC)C3c3cccc(C)c3)sc2c1. The van der Waals surface area contributed by atoms with E-state index in [1.54, 1.807) is 19.2 Å². The summed E-state index contributed by atoms with van der Waals surface area (Å²) in [6, 6.07) is 15.8. The summed E-state index contributed by atoms with van der Waals surface area (Å²) >= 11 is 1.29. The molecule has 5 rings (SSSR count). The lowest BCUT2D eigenvalue weighted by molar-refractivity contribution is -0.132. The Kier molecular flexibility index (Phi) is 6.21. The maximum Gasteiger partial charge on any atom is 0.301 e. The van der Waals surface area contributed by atoms with Crippen molar-refractivity contribution in [3.63, 3.8) is 0 Å². The summed E-state index contributed by atoms with van der Waals surface area (Å²) in [5.74, 6) is -0.686. The van der Waals surface area contributed by atoms with Crippen LogP contribution in [0.1, 0.15) is 33.9 Å². The quantitative estimate of drug-likeness (QED) is 0.204. The zero-order valence-electron chi connectivity index (χ0n) is 21.2. The Morgan fingerprint density at radius 3 is 2.46 bits per heavy atom. The Bertz CT molecular complexity index is 1600. The highest BCUT2D eigenvalue weighted by Gasteiger charge is 2.48. The summed E-state index contributed by atoms with van der Waals surface area (Å²) in [5, 5.41) is 12.0. The molecule has 0 spiro atoms. The van der Waals surface area contributed by atoms with Gasteiger partial charge in [-0.15, -0.1) is 0 Å². The number of rotatable bonds is 5. The molecule has 2 heterocycles. The number of methoxy groups -OCH3 is 2. The van der Waals surface area contributed by atoms with E-state index in [-0.39, 0.29) is 11.3 Å². The first-order chi connectivity index (χ1) is 17.7. The third kappa shape index (κ3) is 4.13. The highest BCUT2D eigenvalue weighted by Crippen LogP contribution is 2.46. The number of fused-ring (bicyclic) bond motifs is 1. The van der Waals surface area contributed by atoms with Gasteiger partial charge in [-0.1, -0.05) is 47.2 Å². The average molecular weight is 515 g/mol. The third-order valence-corrected chi connectivity index (χ3v) is 7.49. The van der Waals surface area contributed by atoms with E-state index in [0.717, 1.165) is 21.4 Å². The predicted octanol–water partition coefficient (Wildman–Crippen LogP) is 5.87. The second-order valence-corrected chi connectivity index (χ2v) is 10.1. The Hall–Kier alpha value is -4.17. The molecule has 1 N–H and O–H groups in total. The number of nitrogens with zero attached hydrogens (tertiary/aromatic N) is 2. The fraction of sp³-hybridized carbons (Fsp3) is 0.207. The van der Waals surface area contributed by atoms with Crippen LogP contribution in [-0.2, 0) is 9.59 Å². The number of aryl methyl sites for hydroxylation is 3. The standard InChI is InChI=1S/C29H26N2O5S/c1-15-7-6-8-18(12-15)24-23(25(32)20-13-16(2)11-17(3)27(20)36-5)26(33)28(34)31(24)29-30-21-10-9-19(35-4)14-22(21)37-29/h6-14,24,32H,1-5H3/b25-23+. The van der Waals surface area contributed by atoms with Crippen LogP contribution in [-0.4, -0.2) is 36.0 Å². The Balaban J connectivity index is 1.77. The molecule has 1 aliphatic rings. The number of anilines is 1. The number of ether oxygens (including phenoxy) is 2. The smallest absolute Gasteiger partial charge is 0.301 e. The fourth-order valence-corrected chi connectivity index (χ4v) is 5.88. The number of hydrogen-bond donors (Lipinski definition) is 1.